The molecular formula is C12H22N2O3. The first-order valence-corrected chi connectivity index (χ1v) is 6.13. The topological polar surface area (TPSA) is 67.4 Å². The van der Waals surface area contributed by atoms with Crippen molar-refractivity contribution in [3.63, 3.8) is 0 Å². The maximum atomic E-state index is 11.6. The number of carbonyl (C=O) groups excluding carboxylic acids is 2. The Morgan fingerprint density at radius 1 is 1.47 bits per heavy atom. The normalized spacial score (nSPS) is 21.4. The second kappa shape index (κ2) is 5.89. The van der Waals surface area contributed by atoms with Crippen LogP contribution in [0, 0.1) is 5.92 Å². The van der Waals surface area contributed by atoms with Gasteiger partial charge in [0, 0.05) is 13.1 Å². The van der Waals surface area contributed by atoms with Crippen LogP contribution >= 0.6 is 0 Å². The van der Waals surface area contributed by atoms with E-state index in [9.17, 15) is 9.59 Å². The third-order valence-electron chi connectivity index (χ3n) is 2.54. The van der Waals surface area contributed by atoms with E-state index in [2.05, 4.69) is 10.6 Å². The Kier molecular flexibility index (Phi) is 4.78. The minimum atomic E-state index is -0.504. The van der Waals surface area contributed by atoms with E-state index in [4.69, 9.17) is 4.74 Å². The highest BCUT2D eigenvalue weighted by molar-refractivity contribution is 5.79. The standard InChI is InChI=1S/C12H22N2O3/c1-12(2,3)17-11(16)14-8-9-6-4-5-7-13-10(9)15/h9H,4-8H2,1-3H3,(H,13,15)(H,14,16). The molecule has 0 spiro atoms. The van der Waals surface area contributed by atoms with Gasteiger partial charge < -0.3 is 15.4 Å². The van der Waals surface area contributed by atoms with Crippen molar-refractivity contribution in [3.8, 4) is 0 Å². The predicted octanol–water partition coefficient (Wildman–Crippen LogP) is 1.43. The van der Waals surface area contributed by atoms with Crippen LogP contribution in [0.5, 0.6) is 0 Å². The summed E-state index contributed by atoms with van der Waals surface area (Å²) in [5.41, 5.74) is -0.504. The molecule has 0 radical (unpaired) electrons. The van der Waals surface area contributed by atoms with Gasteiger partial charge in [-0.05, 0) is 33.6 Å². The second-order valence-electron chi connectivity index (χ2n) is 5.37. The van der Waals surface area contributed by atoms with Gasteiger partial charge in [0.2, 0.25) is 5.91 Å². The Morgan fingerprint density at radius 3 is 2.82 bits per heavy atom. The minimum Gasteiger partial charge on any atom is -0.444 e. The van der Waals surface area contributed by atoms with E-state index in [1.165, 1.54) is 0 Å². The maximum Gasteiger partial charge on any atom is 0.407 e. The first kappa shape index (κ1) is 13.8. The summed E-state index contributed by atoms with van der Waals surface area (Å²) >= 11 is 0. The van der Waals surface area contributed by atoms with Crippen molar-refractivity contribution in [3.05, 3.63) is 0 Å². The Balaban J connectivity index is 2.33. The van der Waals surface area contributed by atoms with E-state index in [1.807, 2.05) is 20.8 Å². The van der Waals surface area contributed by atoms with Crippen molar-refractivity contribution in [1.82, 2.24) is 10.6 Å². The third kappa shape index (κ3) is 5.56. The van der Waals surface area contributed by atoms with Crippen LogP contribution in [0.15, 0.2) is 0 Å². The van der Waals surface area contributed by atoms with E-state index < -0.39 is 11.7 Å². The zero-order valence-electron chi connectivity index (χ0n) is 10.8. The molecule has 5 nitrogen and oxygen atoms in total. The lowest BCUT2D eigenvalue weighted by atomic mass is 10.0. The molecule has 1 atom stereocenters. The first-order chi connectivity index (χ1) is 7.88. The molecule has 0 aromatic carbocycles. The Labute approximate surface area is 102 Å². The van der Waals surface area contributed by atoms with Crippen molar-refractivity contribution >= 4 is 12.0 Å². The Hall–Kier alpha value is -1.26. The summed E-state index contributed by atoms with van der Waals surface area (Å²) in [5.74, 6) is -0.108. The number of ether oxygens (including phenoxy) is 1. The molecule has 0 aromatic heterocycles. The van der Waals surface area contributed by atoms with E-state index in [-0.39, 0.29) is 11.8 Å². The minimum absolute atomic E-state index is 0.0264. The predicted molar refractivity (Wildman–Crippen MR) is 64.6 cm³/mol. The fraction of sp³-hybridized carbons (Fsp3) is 0.833. The van der Waals surface area contributed by atoms with Gasteiger partial charge in [-0.15, -0.1) is 0 Å². The van der Waals surface area contributed by atoms with Crippen molar-refractivity contribution in [1.29, 1.82) is 0 Å². The Bertz CT molecular complexity index is 284. The molecule has 1 saturated heterocycles. The lowest BCUT2D eigenvalue weighted by Gasteiger charge is -2.21. The lowest BCUT2D eigenvalue weighted by Crippen LogP contribution is -2.39. The fourth-order valence-corrected chi connectivity index (χ4v) is 1.72. The van der Waals surface area contributed by atoms with Gasteiger partial charge in [0.25, 0.3) is 0 Å². The molecule has 1 rings (SSSR count). The lowest BCUT2D eigenvalue weighted by molar-refractivity contribution is -0.124. The number of alkyl carbamates (subject to hydrolysis) is 1. The second-order valence-corrected chi connectivity index (χ2v) is 5.37. The molecule has 0 aliphatic carbocycles. The van der Waals surface area contributed by atoms with Crippen LogP contribution in [0.3, 0.4) is 0 Å². The summed E-state index contributed by atoms with van der Waals surface area (Å²) in [5, 5.41) is 5.48. The van der Waals surface area contributed by atoms with Crippen LogP contribution < -0.4 is 10.6 Å². The average molecular weight is 242 g/mol. The highest BCUT2D eigenvalue weighted by Crippen LogP contribution is 2.12. The zero-order valence-corrected chi connectivity index (χ0v) is 10.8. The van der Waals surface area contributed by atoms with E-state index in [0.29, 0.717) is 6.54 Å². The molecule has 1 fully saturated rings. The van der Waals surface area contributed by atoms with Crippen LogP contribution in [-0.4, -0.2) is 30.7 Å². The van der Waals surface area contributed by atoms with Crippen molar-refractivity contribution in [2.75, 3.05) is 13.1 Å². The fourth-order valence-electron chi connectivity index (χ4n) is 1.72. The quantitative estimate of drug-likeness (QED) is 0.769. The van der Waals surface area contributed by atoms with E-state index in [0.717, 1.165) is 25.8 Å². The summed E-state index contributed by atoms with van der Waals surface area (Å²) < 4.78 is 5.11. The summed E-state index contributed by atoms with van der Waals surface area (Å²) in [6.07, 6.45) is 2.38. The average Bonchev–Trinajstić information content (AvgIpc) is 2.37. The molecule has 98 valence electrons. The van der Waals surface area contributed by atoms with Crippen LogP contribution in [0.1, 0.15) is 40.0 Å². The monoisotopic (exact) mass is 242 g/mol. The first-order valence-electron chi connectivity index (χ1n) is 6.13. The van der Waals surface area contributed by atoms with Crippen LogP contribution in [0.25, 0.3) is 0 Å². The maximum absolute atomic E-state index is 11.6. The summed E-state index contributed by atoms with van der Waals surface area (Å²) in [4.78, 5) is 23.0. The smallest absolute Gasteiger partial charge is 0.407 e. The van der Waals surface area contributed by atoms with E-state index in [1.54, 1.807) is 0 Å². The molecule has 1 aliphatic rings. The van der Waals surface area contributed by atoms with Crippen LogP contribution in [0.2, 0.25) is 0 Å². The third-order valence-corrected chi connectivity index (χ3v) is 2.54. The van der Waals surface area contributed by atoms with Gasteiger partial charge in [0.1, 0.15) is 5.60 Å². The number of carbonyl (C=O) groups is 2. The molecule has 5 heteroatoms. The number of rotatable bonds is 2. The molecule has 2 amide bonds. The van der Waals surface area contributed by atoms with Gasteiger partial charge in [-0.3, -0.25) is 4.79 Å². The summed E-state index contributed by atoms with van der Waals surface area (Å²) in [6.45, 7) is 6.52. The highest BCUT2D eigenvalue weighted by Gasteiger charge is 2.22. The van der Waals surface area contributed by atoms with Gasteiger partial charge in [-0.1, -0.05) is 6.42 Å². The molecular weight excluding hydrogens is 220 g/mol. The molecule has 0 bridgehead atoms. The van der Waals surface area contributed by atoms with Crippen molar-refractivity contribution in [2.24, 2.45) is 5.92 Å². The van der Waals surface area contributed by atoms with Crippen LogP contribution in [0.4, 0.5) is 4.79 Å². The van der Waals surface area contributed by atoms with Gasteiger partial charge in [0.15, 0.2) is 0 Å². The Morgan fingerprint density at radius 2 is 2.18 bits per heavy atom. The highest BCUT2D eigenvalue weighted by atomic mass is 16.6. The van der Waals surface area contributed by atoms with Gasteiger partial charge in [-0.2, -0.15) is 0 Å². The molecule has 2 N–H and O–H groups in total. The van der Waals surface area contributed by atoms with Gasteiger partial charge in [0.05, 0.1) is 5.92 Å². The zero-order chi connectivity index (χ0) is 12.9. The molecule has 1 heterocycles. The molecule has 1 aliphatic heterocycles. The largest absolute Gasteiger partial charge is 0.444 e. The number of nitrogens with one attached hydrogen (secondary N) is 2. The van der Waals surface area contributed by atoms with Crippen molar-refractivity contribution < 1.29 is 14.3 Å². The molecule has 1 unspecified atom stereocenters. The summed E-state index contributed by atoms with van der Waals surface area (Å²) in [7, 11) is 0. The molecule has 0 aromatic rings. The molecule has 17 heavy (non-hydrogen) atoms. The SMILES string of the molecule is CC(C)(C)OC(=O)NCC1CCCCNC1=O. The van der Waals surface area contributed by atoms with Crippen molar-refractivity contribution in [2.45, 2.75) is 45.6 Å². The summed E-state index contributed by atoms with van der Waals surface area (Å²) in [6, 6.07) is 0. The van der Waals surface area contributed by atoms with E-state index >= 15 is 0 Å². The van der Waals surface area contributed by atoms with Gasteiger partial charge in [-0.25, -0.2) is 4.79 Å². The molecule has 0 saturated carbocycles. The van der Waals surface area contributed by atoms with Crippen LogP contribution in [-0.2, 0) is 9.53 Å². The number of hydrogen-bond donors (Lipinski definition) is 2. The van der Waals surface area contributed by atoms with Gasteiger partial charge >= 0.3 is 6.09 Å². The number of amides is 2. The number of hydrogen-bond acceptors (Lipinski definition) is 3.